The van der Waals surface area contributed by atoms with Crippen LogP contribution in [0, 0.1) is 0 Å². The van der Waals surface area contributed by atoms with Crippen molar-refractivity contribution in [3.63, 3.8) is 0 Å². The molecule has 2 unspecified atom stereocenters. The fourth-order valence-corrected chi connectivity index (χ4v) is 4.65. The number of methoxy groups -OCH3 is 2. The maximum Gasteiger partial charge on any atom is 0.258 e. The monoisotopic (exact) mass is 688 g/mol. The number of hydrogen-bond acceptors (Lipinski definition) is 10. The SMILES string of the molecule is COc1cc(-c2ccc(N=NC(C(C)=O)C(=O)Nc3ccccc3Cl)c(OC)c2)ccc1N=NC(C(C)=O)C(=O)Nc1ccccc1Cl. The summed E-state index contributed by atoms with van der Waals surface area (Å²) in [7, 11) is 2.89. The molecule has 246 valence electrons. The summed E-state index contributed by atoms with van der Waals surface area (Å²) in [4.78, 5) is 50.1. The number of azo groups is 2. The van der Waals surface area contributed by atoms with Crippen LogP contribution in [0.25, 0.3) is 11.1 Å². The van der Waals surface area contributed by atoms with E-state index in [1.165, 1.54) is 28.1 Å². The number of para-hydroxylation sites is 2. The van der Waals surface area contributed by atoms with Crippen LogP contribution in [0.1, 0.15) is 13.8 Å². The minimum Gasteiger partial charge on any atom is -0.494 e. The van der Waals surface area contributed by atoms with Crippen molar-refractivity contribution in [2.45, 2.75) is 25.9 Å². The highest BCUT2D eigenvalue weighted by Crippen LogP contribution is 2.37. The Labute approximate surface area is 286 Å². The number of rotatable bonds is 13. The zero-order valence-electron chi connectivity index (χ0n) is 26.2. The number of nitrogens with zero attached hydrogens (tertiary/aromatic N) is 4. The van der Waals surface area contributed by atoms with Crippen LogP contribution in [0.4, 0.5) is 22.7 Å². The number of benzene rings is 4. The molecule has 0 aromatic heterocycles. The molecule has 2 N–H and O–H groups in total. The number of Topliss-reactive ketones (excluding diaryl/α,β-unsaturated/α-hetero) is 2. The minimum absolute atomic E-state index is 0.278. The summed E-state index contributed by atoms with van der Waals surface area (Å²) in [5.41, 5.74) is 2.64. The van der Waals surface area contributed by atoms with Crippen LogP contribution < -0.4 is 20.1 Å². The zero-order valence-corrected chi connectivity index (χ0v) is 27.7. The van der Waals surface area contributed by atoms with Crippen molar-refractivity contribution in [3.05, 3.63) is 95.0 Å². The Balaban J connectivity index is 1.54. The van der Waals surface area contributed by atoms with Crippen LogP contribution in [0.5, 0.6) is 11.5 Å². The molecule has 0 spiro atoms. The molecule has 4 rings (SSSR count). The first-order valence-electron chi connectivity index (χ1n) is 14.3. The maximum absolute atomic E-state index is 12.8. The highest BCUT2D eigenvalue weighted by molar-refractivity contribution is 6.34. The van der Waals surface area contributed by atoms with Gasteiger partial charge in [-0.25, -0.2) is 0 Å². The zero-order chi connectivity index (χ0) is 34.8. The van der Waals surface area contributed by atoms with Crippen molar-refractivity contribution in [1.29, 1.82) is 0 Å². The van der Waals surface area contributed by atoms with Crippen molar-refractivity contribution in [2.75, 3.05) is 24.9 Å². The van der Waals surface area contributed by atoms with E-state index in [1.54, 1.807) is 84.9 Å². The number of hydrogen-bond donors (Lipinski definition) is 2. The molecule has 0 heterocycles. The van der Waals surface area contributed by atoms with E-state index in [9.17, 15) is 19.2 Å². The molecule has 0 aliphatic rings. The molecule has 0 aliphatic carbocycles. The van der Waals surface area contributed by atoms with Gasteiger partial charge in [-0.05, 0) is 73.5 Å². The third kappa shape index (κ3) is 8.87. The van der Waals surface area contributed by atoms with E-state index >= 15 is 0 Å². The van der Waals surface area contributed by atoms with E-state index in [0.717, 1.165) is 0 Å². The number of nitrogens with one attached hydrogen (secondary N) is 2. The number of carbonyl (C=O) groups is 4. The molecule has 0 saturated heterocycles. The minimum atomic E-state index is -1.42. The number of halogens is 2. The maximum atomic E-state index is 12.8. The van der Waals surface area contributed by atoms with Gasteiger partial charge in [-0.1, -0.05) is 59.6 Å². The van der Waals surface area contributed by atoms with Gasteiger partial charge < -0.3 is 20.1 Å². The average molecular weight is 690 g/mol. The van der Waals surface area contributed by atoms with E-state index in [0.29, 0.717) is 44.0 Å². The van der Waals surface area contributed by atoms with Crippen LogP contribution in [-0.2, 0) is 19.2 Å². The third-order valence-corrected chi connectivity index (χ3v) is 7.44. The van der Waals surface area contributed by atoms with Crippen LogP contribution in [0.2, 0.25) is 10.0 Å². The summed E-state index contributed by atoms with van der Waals surface area (Å²) < 4.78 is 11.0. The largest absolute Gasteiger partial charge is 0.494 e. The van der Waals surface area contributed by atoms with Crippen molar-refractivity contribution < 1.29 is 28.7 Å². The fraction of sp³-hybridized carbons (Fsp3) is 0.176. The van der Waals surface area contributed by atoms with Crippen LogP contribution in [-0.4, -0.2) is 49.7 Å². The predicted octanol–water partition coefficient (Wildman–Crippen LogP) is 8.04. The van der Waals surface area contributed by atoms with E-state index in [2.05, 4.69) is 31.1 Å². The quantitative estimate of drug-likeness (QED) is 0.107. The standard InChI is InChI=1S/C34H30Cl2N6O6/c1-19(43)31(33(45)37-25-11-7-5-9-23(25)35)41-39-27-15-13-21(17-29(27)47-3)22-14-16-28(30(18-22)48-4)40-42-32(20(2)44)34(46)38-26-12-8-6-10-24(26)36/h5-18,31-32H,1-4H3,(H,37,45)(H,38,46). The van der Waals surface area contributed by atoms with Crippen molar-refractivity contribution in [1.82, 2.24) is 0 Å². The molecule has 48 heavy (non-hydrogen) atoms. The van der Waals surface area contributed by atoms with Crippen molar-refractivity contribution in [2.24, 2.45) is 20.5 Å². The normalized spacial score (nSPS) is 12.4. The molecule has 0 aliphatic heterocycles. The van der Waals surface area contributed by atoms with Gasteiger partial charge in [0.25, 0.3) is 11.8 Å². The number of amides is 2. The first-order chi connectivity index (χ1) is 23.0. The Kier molecular flexibility index (Phi) is 12.1. The third-order valence-electron chi connectivity index (χ3n) is 6.78. The summed E-state index contributed by atoms with van der Waals surface area (Å²) in [5, 5.41) is 22.1. The van der Waals surface area contributed by atoms with Crippen LogP contribution in [0.15, 0.2) is 105 Å². The summed E-state index contributed by atoms with van der Waals surface area (Å²) >= 11 is 12.2. The predicted molar refractivity (Wildman–Crippen MR) is 183 cm³/mol. The van der Waals surface area contributed by atoms with E-state index in [4.69, 9.17) is 32.7 Å². The molecule has 0 saturated carbocycles. The Morgan fingerprint density at radius 2 is 0.979 bits per heavy atom. The molecule has 0 bridgehead atoms. The van der Waals surface area contributed by atoms with E-state index < -0.39 is 35.5 Å². The number of anilines is 2. The number of carbonyl (C=O) groups excluding carboxylic acids is 4. The molecule has 2 amide bonds. The highest BCUT2D eigenvalue weighted by atomic mass is 35.5. The first-order valence-corrected chi connectivity index (χ1v) is 15.1. The Bertz CT molecular complexity index is 1780. The van der Waals surface area contributed by atoms with Gasteiger partial charge in [-0.15, -0.1) is 0 Å². The summed E-state index contributed by atoms with van der Waals surface area (Å²) in [6.07, 6.45) is 0. The molecular weight excluding hydrogens is 659 g/mol. The Morgan fingerprint density at radius 1 is 0.604 bits per heavy atom. The first kappa shape index (κ1) is 35.4. The Morgan fingerprint density at radius 3 is 1.31 bits per heavy atom. The van der Waals surface area contributed by atoms with Gasteiger partial charge in [0.1, 0.15) is 22.9 Å². The molecule has 14 heteroatoms. The molecule has 4 aromatic carbocycles. The van der Waals surface area contributed by atoms with Crippen molar-refractivity contribution in [3.8, 4) is 22.6 Å². The smallest absolute Gasteiger partial charge is 0.258 e. The lowest BCUT2D eigenvalue weighted by Gasteiger charge is -2.12. The second-order valence-corrected chi connectivity index (χ2v) is 11.0. The Hall–Kier alpha value is -5.46. The van der Waals surface area contributed by atoms with Gasteiger partial charge >= 0.3 is 0 Å². The molecule has 4 aromatic rings. The molecule has 2 atom stereocenters. The molecule has 12 nitrogen and oxygen atoms in total. The second-order valence-electron chi connectivity index (χ2n) is 10.2. The summed E-state index contributed by atoms with van der Waals surface area (Å²) in [6, 6.07) is 20.5. The van der Waals surface area contributed by atoms with Gasteiger partial charge in [0.2, 0.25) is 12.1 Å². The van der Waals surface area contributed by atoms with Gasteiger partial charge in [0, 0.05) is 0 Å². The van der Waals surface area contributed by atoms with E-state index in [1.807, 2.05) is 0 Å². The molecular formula is C34H30Cl2N6O6. The van der Waals surface area contributed by atoms with Gasteiger partial charge in [-0.2, -0.15) is 20.5 Å². The lowest BCUT2D eigenvalue weighted by Crippen LogP contribution is -2.31. The topological polar surface area (TPSA) is 160 Å². The van der Waals surface area contributed by atoms with Crippen LogP contribution >= 0.6 is 23.2 Å². The van der Waals surface area contributed by atoms with Gasteiger partial charge in [0.15, 0.2) is 11.6 Å². The van der Waals surface area contributed by atoms with Gasteiger partial charge in [0.05, 0.1) is 35.6 Å². The number of ketones is 2. The fourth-order valence-electron chi connectivity index (χ4n) is 4.28. The molecule has 0 radical (unpaired) electrons. The summed E-state index contributed by atoms with van der Waals surface area (Å²) in [6.45, 7) is 2.48. The lowest BCUT2D eigenvalue weighted by atomic mass is 10.0. The summed E-state index contributed by atoms with van der Waals surface area (Å²) in [5.74, 6) is -1.76. The lowest BCUT2D eigenvalue weighted by molar-refractivity contribution is -0.127. The van der Waals surface area contributed by atoms with Crippen LogP contribution in [0.3, 0.4) is 0 Å². The van der Waals surface area contributed by atoms with Crippen molar-refractivity contribution >= 4 is 69.3 Å². The molecule has 0 fully saturated rings. The van der Waals surface area contributed by atoms with Gasteiger partial charge in [-0.3, -0.25) is 19.2 Å². The van der Waals surface area contributed by atoms with E-state index in [-0.39, 0.29) is 11.4 Å². The average Bonchev–Trinajstić information content (AvgIpc) is 3.06. The second kappa shape index (κ2) is 16.4. The number of ether oxygens (including phenoxy) is 2. The highest BCUT2D eigenvalue weighted by Gasteiger charge is 2.25.